The molecule has 6 heteroatoms. The van der Waals surface area contributed by atoms with E-state index in [1.54, 1.807) is 26.1 Å². The van der Waals surface area contributed by atoms with Gasteiger partial charge in [-0.3, -0.25) is 4.79 Å². The summed E-state index contributed by atoms with van der Waals surface area (Å²) in [6, 6.07) is 4.77. The van der Waals surface area contributed by atoms with Crippen LogP contribution in [0.1, 0.15) is 11.7 Å². The molecule has 6 nitrogen and oxygen atoms in total. The van der Waals surface area contributed by atoms with Crippen molar-refractivity contribution in [1.29, 1.82) is 0 Å². The van der Waals surface area contributed by atoms with Gasteiger partial charge in [-0.05, 0) is 19.2 Å². The van der Waals surface area contributed by atoms with Crippen LogP contribution in [0.25, 0.3) is 11.1 Å². The Morgan fingerprint density at radius 3 is 2.94 bits per heavy atom. The van der Waals surface area contributed by atoms with Gasteiger partial charge in [-0.2, -0.15) is 0 Å². The Morgan fingerprint density at radius 1 is 1.56 bits per heavy atom. The van der Waals surface area contributed by atoms with Gasteiger partial charge in [0.15, 0.2) is 5.58 Å². The van der Waals surface area contributed by atoms with E-state index in [1.165, 1.54) is 6.07 Å². The number of nitrogens with zero attached hydrogens (tertiary/aromatic N) is 1. The van der Waals surface area contributed by atoms with E-state index in [0.29, 0.717) is 23.3 Å². The molecule has 0 fully saturated rings. The van der Waals surface area contributed by atoms with Gasteiger partial charge in [-0.15, -0.1) is 0 Å². The van der Waals surface area contributed by atoms with Crippen molar-refractivity contribution >= 4 is 22.7 Å². The second-order valence-electron chi connectivity index (χ2n) is 4.23. The van der Waals surface area contributed by atoms with Crippen molar-refractivity contribution in [3.8, 4) is 0 Å². The largest absolute Gasteiger partial charge is 0.426 e. The van der Waals surface area contributed by atoms with E-state index in [-0.39, 0.29) is 11.8 Å². The highest BCUT2D eigenvalue weighted by Crippen LogP contribution is 2.17. The van der Waals surface area contributed by atoms with Crippen molar-refractivity contribution in [2.24, 2.45) is 5.92 Å². The average Bonchev–Trinajstić information content (AvgIpc) is 2.63. The molecule has 3 N–H and O–H groups in total. The number of fused-ring (bicyclic) bond motifs is 1. The van der Waals surface area contributed by atoms with Gasteiger partial charge in [-0.1, -0.05) is 6.92 Å². The number of carbonyl (C=O) groups excluding carboxylic acids is 1. The molecule has 0 saturated carbocycles. The van der Waals surface area contributed by atoms with Crippen molar-refractivity contribution in [3.63, 3.8) is 0 Å². The van der Waals surface area contributed by atoms with Crippen LogP contribution in [-0.2, 0) is 0 Å². The maximum atomic E-state index is 12.1. The molecule has 1 unspecified atom stereocenters. The minimum Gasteiger partial charge on any atom is -0.407 e. The number of rotatable bonds is 3. The number of benzene rings is 1. The van der Waals surface area contributed by atoms with Crippen molar-refractivity contribution in [1.82, 2.24) is 9.88 Å². The highest BCUT2D eigenvalue weighted by Gasteiger charge is 2.20. The fraction of sp³-hybridized carbons (Fsp3) is 0.333. The summed E-state index contributed by atoms with van der Waals surface area (Å²) in [7, 11) is 1.75. The van der Waals surface area contributed by atoms with E-state index < -0.39 is 5.76 Å². The number of nitrogens with one attached hydrogen (secondary N) is 1. The standard InChI is InChI=1S/C12H15N3O3/c1-7(6-14-2)11(16)15-9-4-3-8(13)5-10(9)18-12(15)17/h3-5,7,14H,6,13H2,1-2H3. The van der Waals surface area contributed by atoms with Gasteiger partial charge in [0.05, 0.1) is 5.52 Å². The molecule has 0 aliphatic rings. The molecule has 0 saturated heterocycles. The summed E-state index contributed by atoms with van der Waals surface area (Å²) < 4.78 is 6.07. The summed E-state index contributed by atoms with van der Waals surface area (Å²) in [5.41, 5.74) is 6.86. The number of hydrogen-bond acceptors (Lipinski definition) is 5. The van der Waals surface area contributed by atoms with Crippen LogP contribution in [0.5, 0.6) is 0 Å². The molecule has 1 aromatic heterocycles. The lowest BCUT2D eigenvalue weighted by Crippen LogP contribution is -2.32. The van der Waals surface area contributed by atoms with Gasteiger partial charge >= 0.3 is 5.76 Å². The number of nitrogens with two attached hydrogens (primary N) is 1. The van der Waals surface area contributed by atoms with E-state index in [1.807, 2.05) is 0 Å². The SMILES string of the molecule is CNCC(C)C(=O)n1c(=O)oc2cc(N)ccc21. The second-order valence-corrected chi connectivity index (χ2v) is 4.23. The molecule has 1 atom stereocenters. The zero-order valence-electron chi connectivity index (χ0n) is 10.3. The van der Waals surface area contributed by atoms with Crippen LogP contribution >= 0.6 is 0 Å². The monoisotopic (exact) mass is 249 g/mol. The predicted octanol–water partition coefficient (Wildman–Crippen LogP) is 0.672. The first-order valence-electron chi connectivity index (χ1n) is 5.64. The quantitative estimate of drug-likeness (QED) is 0.780. The number of hydrogen-bond donors (Lipinski definition) is 2. The Kier molecular flexibility index (Phi) is 3.20. The third-order valence-corrected chi connectivity index (χ3v) is 2.76. The molecular weight excluding hydrogens is 234 g/mol. The van der Waals surface area contributed by atoms with E-state index in [0.717, 1.165) is 4.57 Å². The summed E-state index contributed by atoms with van der Waals surface area (Å²) >= 11 is 0. The molecule has 1 aromatic carbocycles. The van der Waals surface area contributed by atoms with Crippen LogP contribution in [0.3, 0.4) is 0 Å². The summed E-state index contributed by atoms with van der Waals surface area (Å²) in [4.78, 5) is 23.9. The van der Waals surface area contributed by atoms with Crippen LogP contribution in [-0.4, -0.2) is 24.1 Å². The Labute approximate surface area is 103 Å². The first kappa shape index (κ1) is 12.4. The number of anilines is 1. The second kappa shape index (κ2) is 4.66. The zero-order valence-corrected chi connectivity index (χ0v) is 10.3. The van der Waals surface area contributed by atoms with Gasteiger partial charge in [0, 0.05) is 24.2 Å². The van der Waals surface area contributed by atoms with Crippen LogP contribution in [0, 0.1) is 5.92 Å². The molecule has 2 aromatic rings. The van der Waals surface area contributed by atoms with Crippen molar-refractivity contribution in [2.45, 2.75) is 6.92 Å². The molecule has 0 aliphatic heterocycles. The lowest BCUT2D eigenvalue weighted by atomic mass is 10.1. The molecule has 0 spiro atoms. The molecule has 0 amide bonds. The average molecular weight is 249 g/mol. The highest BCUT2D eigenvalue weighted by molar-refractivity contribution is 5.91. The van der Waals surface area contributed by atoms with Crippen molar-refractivity contribution < 1.29 is 9.21 Å². The molecular formula is C12H15N3O3. The number of nitrogen functional groups attached to an aromatic ring is 1. The summed E-state index contributed by atoms with van der Waals surface area (Å²) in [5, 5.41) is 2.90. The van der Waals surface area contributed by atoms with Gasteiger partial charge < -0.3 is 15.5 Å². The third-order valence-electron chi connectivity index (χ3n) is 2.76. The smallest absolute Gasteiger partial charge is 0.407 e. The van der Waals surface area contributed by atoms with E-state index in [4.69, 9.17) is 10.2 Å². The normalized spacial score (nSPS) is 12.8. The Bertz CT molecular complexity index is 642. The zero-order chi connectivity index (χ0) is 13.3. The molecule has 0 radical (unpaired) electrons. The van der Waals surface area contributed by atoms with Crippen molar-refractivity contribution in [2.75, 3.05) is 19.3 Å². The van der Waals surface area contributed by atoms with E-state index in [2.05, 4.69) is 5.32 Å². The first-order valence-corrected chi connectivity index (χ1v) is 5.64. The molecule has 2 rings (SSSR count). The number of oxazole rings is 1. The lowest BCUT2D eigenvalue weighted by Gasteiger charge is -2.09. The Balaban J connectivity index is 2.54. The molecule has 18 heavy (non-hydrogen) atoms. The Morgan fingerprint density at radius 2 is 2.28 bits per heavy atom. The van der Waals surface area contributed by atoms with Gasteiger partial charge in [-0.25, -0.2) is 9.36 Å². The van der Waals surface area contributed by atoms with Crippen LogP contribution in [0.15, 0.2) is 27.4 Å². The predicted molar refractivity (Wildman–Crippen MR) is 68.6 cm³/mol. The first-order chi connectivity index (χ1) is 8.54. The molecule has 1 heterocycles. The van der Waals surface area contributed by atoms with E-state index in [9.17, 15) is 9.59 Å². The summed E-state index contributed by atoms with van der Waals surface area (Å²) in [5.74, 6) is -1.28. The fourth-order valence-electron chi connectivity index (χ4n) is 1.86. The van der Waals surface area contributed by atoms with E-state index >= 15 is 0 Å². The van der Waals surface area contributed by atoms with Crippen LogP contribution < -0.4 is 16.8 Å². The molecule has 96 valence electrons. The number of carbonyl (C=O) groups is 1. The third kappa shape index (κ3) is 2.02. The van der Waals surface area contributed by atoms with Crippen molar-refractivity contribution in [3.05, 3.63) is 28.7 Å². The fourth-order valence-corrected chi connectivity index (χ4v) is 1.86. The molecule has 0 aliphatic carbocycles. The molecule has 0 bridgehead atoms. The summed E-state index contributed by atoms with van der Waals surface area (Å²) in [6.07, 6.45) is 0. The maximum Gasteiger partial charge on any atom is 0.426 e. The van der Waals surface area contributed by atoms with Gasteiger partial charge in [0.25, 0.3) is 0 Å². The Hall–Kier alpha value is -2.08. The van der Waals surface area contributed by atoms with Crippen LogP contribution in [0.4, 0.5) is 5.69 Å². The van der Waals surface area contributed by atoms with Gasteiger partial charge in [0.1, 0.15) is 0 Å². The summed E-state index contributed by atoms with van der Waals surface area (Å²) in [6.45, 7) is 2.24. The number of aromatic nitrogens is 1. The highest BCUT2D eigenvalue weighted by atomic mass is 16.4. The van der Waals surface area contributed by atoms with Crippen LogP contribution in [0.2, 0.25) is 0 Å². The minimum atomic E-state index is -0.677. The lowest BCUT2D eigenvalue weighted by molar-refractivity contribution is 0.0841. The minimum absolute atomic E-state index is 0.294. The maximum absolute atomic E-state index is 12.1. The topological polar surface area (TPSA) is 90.3 Å². The van der Waals surface area contributed by atoms with Gasteiger partial charge in [0.2, 0.25) is 5.91 Å².